The van der Waals surface area contributed by atoms with E-state index in [0.29, 0.717) is 23.4 Å². The summed E-state index contributed by atoms with van der Waals surface area (Å²) in [6.45, 7) is 1.54. The highest BCUT2D eigenvalue weighted by atomic mass is 19.1. The predicted octanol–water partition coefficient (Wildman–Crippen LogP) is 2.86. The second kappa shape index (κ2) is 8.82. The molecule has 5 nitrogen and oxygen atoms in total. The van der Waals surface area contributed by atoms with E-state index < -0.39 is 0 Å². The van der Waals surface area contributed by atoms with Crippen LogP contribution in [0.25, 0.3) is 0 Å². The van der Waals surface area contributed by atoms with Crippen LogP contribution in [0.15, 0.2) is 48.5 Å². The highest BCUT2D eigenvalue weighted by Gasteiger charge is 2.15. The van der Waals surface area contributed by atoms with Gasteiger partial charge >= 0.3 is 0 Å². The van der Waals surface area contributed by atoms with E-state index in [1.54, 1.807) is 42.5 Å². The van der Waals surface area contributed by atoms with Crippen molar-refractivity contribution in [3.05, 3.63) is 59.9 Å². The van der Waals surface area contributed by atoms with Gasteiger partial charge < -0.3 is 15.0 Å². The van der Waals surface area contributed by atoms with E-state index in [0.717, 1.165) is 0 Å². The summed E-state index contributed by atoms with van der Waals surface area (Å²) in [5, 5.41) is 2.72. The monoisotopic (exact) mass is 344 g/mol. The summed E-state index contributed by atoms with van der Waals surface area (Å²) in [4.78, 5) is 25.4. The van der Waals surface area contributed by atoms with Crippen LogP contribution < -0.4 is 10.1 Å². The normalized spacial score (nSPS) is 10.2. The van der Waals surface area contributed by atoms with Gasteiger partial charge in [0.05, 0.1) is 19.3 Å². The SMILES string of the molecule is COc1ccccc1NC(=O)CN(CCc1ccccc1F)C(C)=O. The molecular weight excluding hydrogens is 323 g/mol. The van der Waals surface area contributed by atoms with Gasteiger partial charge in [-0.25, -0.2) is 4.39 Å². The van der Waals surface area contributed by atoms with E-state index in [1.165, 1.54) is 25.0 Å². The zero-order valence-electron chi connectivity index (χ0n) is 14.3. The van der Waals surface area contributed by atoms with Gasteiger partial charge in [0.2, 0.25) is 11.8 Å². The van der Waals surface area contributed by atoms with Crippen molar-refractivity contribution in [2.45, 2.75) is 13.3 Å². The molecule has 0 heterocycles. The van der Waals surface area contributed by atoms with Gasteiger partial charge in [0.25, 0.3) is 0 Å². The number of halogens is 1. The first-order chi connectivity index (χ1) is 12.0. The van der Waals surface area contributed by atoms with Crippen LogP contribution in [0.3, 0.4) is 0 Å². The number of nitrogens with zero attached hydrogens (tertiary/aromatic N) is 1. The molecule has 1 N–H and O–H groups in total. The first kappa shape index (κ1) is 18.4. The molecule has 0 bridgehead atoms. The van der Waals surface area contributed by atoms with Crippen LogP contribution in [-0.2, 0) is 16.0 Å². The average molecular weight is 344 g/mol. The second-order valence-electron chi connectivity index (χ2n) is 5.53. The van der Waals surface area contributed by atoms with Crippen LogP contribution in [0, 0.1) is 5.82 Å². The third kappa shape index (κ3) is 5.31. The van der Waals surface area contributed by atoms with Gasteiger partial charge in [-0.2, -0.15) is 0 Å². The highest BCUT2D eigenvalue weighted by molar-refractivity contribution is 5.95. The molecule has 2 rings (SSSR count). The zero-order valence-corrected chi connectivity index (χ0v) is 14.3. The minimum Gasteiger partial charge on any atom is -0.495 e. The maximum absolute atomic E-state index is 13.7. The van der Waals surface area contributed by atoms with Gasteiger partial charge in [0.1, 0.15) is 11.6 Å². The number of amides is 2. The Balaban J connectivity index is 1.97. The van der Waals surface area contributed by atoms with Crippen molar-refractivity contribution in [1.82, 2.24) is 4.90 Å². The molecule has 2 aromatic carbocycles. The molecule has 0 fully saturated rings. The topological polar surface area (TPSA) is 58.6 Å². The lowest BCUT2D eigenvalue weighted by Crippen LogP contribution is -2.38. The fourth-order valence-electron chi connectivity index (χ4n) is 2.42. The van der Waals surface area contributed by atoms with Crippen LogP contribution in [0.1, 0.15) is 12.5 Å². The molecule has 0 aromatic heterocycles. The minimum absolute atomic E-state index is 0.109. The summed E-state index contributed by atoms with van der Waals surface area (Å²) in [6.07, 6.45) is 0.341. The Labute approximate surface area is 146 Å². The van der Waals surface area contributed by atoms with Crippen LogP contribution in [-0.4, -0.2) is 36.9 Å². The largest absolute Gasteiger partial charge is 0.495 e. The van der Waals surface area contributed by atoms with Crippen molar-refractivity contribution in [2.75, 3.05) is 25.5 Å². The fourth-order valence-corrected chi connectivity index (χ4v) is 2.42. The lowest BCUT2D eigenvalue weighted by atomic mass is 10.1. The summed E-state index contributed by atoms with van der Waals surface area (Å²) in [5.74, 6) is -0.360. The molecule has 2 aromatic rings. The van der Waals surface area contributed by atoms with Crippen LogP contribution >= 0.6 is 0 Å². The molecule has 0 spiro atoms. The summed E-state index contributed by atoms with van der Waals surface area (Å²) in [7, 11) is 1.52. The Hall–Kier alpha value is -2.89. The van der Waals surface area contributed by atoms with Gasteiger partial charge in [-0.15, -0.1) is 0 Å². The predicted molar refractivity (Wildman–Crippen MR) is 94.0 cm³/mol. The Kier molecular flexibility index (Phi) is 6.51. The number of anilines is 1. The fraction of sp³-hybridized carbons (Fsp3) is 0.263. The summed E-state index contributed by atoms with van der Waals surface area (Å²) in [5.41, 5.74) is 1.05. The number of rotatable bonds is 7. The van der Waals surface area contributed by atoms with Crippen LogP contribution in [0.5, 0.6) is 5.75 Å². The molecule has 0 radical (unpaired) electrons. The molecule has 0 saturated heterocycles. The van der Waals surface area contributed by atoms with E-state index in [-0.39, 0.29) is 30.7 Å². The van der Waals surface area contributed by atoms with E-state index in [1.807, 2.05) is 0 Å². The lowest BCUT2D eigenvalue weighted by molar-refractivity contribution is -0.132. The Bertz CT molecular complexity index is 749. The molecule has 0 saturated carbocycles. The van der Waals surface area contributed by atoms with Crippen molar-refractivity contribution in [3.8, 4) is 5.75 Å². The molecule has 0 aliphatic carbocycles. The molecule has 0 aliphatic rings. The molecule has 0 unspecified atom stereocenters. The van der Waals surface area contributed by atoms with Crippen molar-refractivity contribution in [3.63, 3.8) is 0 Å². The standard InChI is InChI=1S/C19H21FN2O3/c1-14(23)22(12-11-15-7-3-4-8-16(15)20)13-19(24)21-17-9-5-6-10-18(17)25-2/h3-10H,11-13H2,1-2H3,(H,21,24). The van der Waals surface area contributed by atoms with Gasteiger partial charge in [-0.05, 0) is 30.2 Å². The lowest BCUT2D eigenvalue weighted by Gasteiger charge is -2.21. The Morgan fingerprint density at radius 1 is 1.12 bits per heavy atom. The first-order valence-corrected chi connectivity index (χ1v) is 7.93. The molecule has 25 heavy (non-hydrogen) atoms. The third-order valence-electron chi connectivity index (χ3n) is 3.77. The zero-order chi connectivity index (χ0) is 18.2. The Morgan fingerprint density at radius 3 is 2.48 bits per heavy atom. The number of carbonyl (C=O) groups excluding carboxylic acids is 2. The van der Waals surface area contributed by atoms with Crippen molar-refractivity contribution < 1.29 is 18.7 Å². The number of benzene rings is 2. The summed E-state index contributed by atoms with van der Waals surface area (Å²) >= 11 is 0. The maximum atomic E-state index is 13.7. The van der Waals surface area contributed by atoms with Gasteiger partial charge in [-0.1, -0.05) is 30.3 Å². The summed E-state index contributed by atoms with van der Waals surface area (Å²) < 4.78 is 18.9. The van der Waals surface area contributed by atoms with Crippen LogP contribution in [0.4, 0.5) is 10.1 Å². The molecule has 0 aliphatic heterocycles. The number of hydrogen-bond acceptors (Lipinski definition) is 3. The molecule has 6 heteroatoms. The smallest absolute Gasteiger partial charge is 0.244 e. The minimum atomic E-state index is -0.340. The van der Waals surface area contributed by atoms with Gasteiger partial charge in [0.15, 0.2) is 0 Å². The average Bonchev–Trinajstić information content (AvgIpc) is 2.60. The number of hydrogen-bond donors (Lipinski definition) is 1. The van der Waals surface area contributed by atoms with E-state index in [4.69, 9.17) is 4.74 Å². The van der Waals surface area contributed by atoms with Crippen molar-refractivity contribution >= 4 is 17.5 Å². The van der Waals surface area contributed by atoms with E-state index in [9.17, 15) is 14.0 Å². The Morgan fingerprint density at radius 2 is 1.80 bits per heavy atom. The first-order valence-electron chi connectivity index (χ1n) is 7.93. The van der Waals surface area contributed by atoms with Crippen LogP contribution in [0.2, 0.25) is 0 Å². The number of carbonyl (C=O) groups is 2. The van der Waals surface area contributed by atoms with E-state index in [2.05, 4.69) is 5.32 Å². The third-order valence-corrected chi connectivity index (χ3v) is 3.77. The highest BCUT2D eigenvalue weighted by Crippen LogP contribution is 2.22. The quantitative estimate of drug-likeness (QED) is 0.840. The molecule has 2 amide bonds. The van der Waals surface area contributed by atoms with Crippen molar-refractivity contribution in [2.24, 2.45) is 0 Å². The second-order valence-corrected chi connectivity index (χ2v) is 5.53. The van der Waals surface area contributed by atoms with Gasteiger partial charge in [-0.3, -0.25) is 9.59 Å². The molecular formula is C19H21FN2O3. The maximum Gasteiger partial charge on any atom is 0.244 e. The molecule has 0 atom stereocenters. The van der Waals surface area contributed by atoms with E-state index >= 15 is 0 Å². The number of para-hydroxylation sites is 2. The number of ether oxygens (including phenoxy) is 1. The summed E-state index contributed by atoms with van der Waals surface area (Å²) in [6, 6.07) is 13.4. The number of nitrogens with one attached hydrogen (secondary N) is 1. The molecule has 132 valence electrons. The van der Waals surface area contributed by atoms with Gasteiger partial charge in [0, 0.05) is 13.5 Å². The van der Waals surface area contributed by atoms with Crippen molar-refractivity contribution in [1.29, 1.82) is 0 Å². The number of methoxy groups -OCH3 is 1.